The average molecular weight is 242 g/mol. The summed E-state index contributed by atoms with van der Waals surface area (Å²) in [5.74, 6) is 0. The second kappa shape index (κ2) is 8.90. The Balaban J connectivity index is 1.93. The second-order valence-electron chi connectivity index (χ2n) is 5.25. The van der Waals surface area contributed by atoms with Crippen LogP contribution in [-0.4, -0.2) is 62.3 Å². The molecule has 3 nitrogen and oxygen atoms in total. The fourth-order valence-corrected chi connectivity index (χ4v) is 2.22. The van der Waals surface area contributed by atoms with Crippen molar-refractivity contribution in [3.8, 4) is 0 Å². The first-order valence-electron chi connectivity index (χ1n) is 7.24. The summed E-state index contributed by atoms with van der Waals surface area (Å²) in [7, 11) is 2.18. The van der Waals surface area contributed by atoms with E-state index in [9.17, 15) is 0 Å². The summed E-state index contributed by atoms with van der Waals surface area (Å²) in [5.41, 5.74) is 0. The van der Waals surface area contributed by atoms with Gasteiger partial charge in [0.15, 0.2) is 0 Å². The van der Waals surface area contributed by atoms with E-state index < -0.39 is 0 Å². The van der Waals surface area contributed by atoms with Gasteiger partial charge in [-0.3, -0.25) is 0 Å². The molecule has 0 radical (unpaired) electrons. The normalized spacial score (nSPS) is 19.8. The molecule has 1 aliphatic heterocycles. The lowest BCUT2D eigenvalue weighted by Crippen LogP contribution is -2.34. The van der Waals surface area contributed by atoms with Gasteiger partial charge < -0.3 is 14.5 Å². The third-order valence-corrected chi connectivity index (χ3v) is 3.93. The molecule has 0 spiro atoms. The molecule has 0 aromatic carbocycles. The number of likely N-dealkylation sites (N-methyl/N-ethyl adjacent to an activating group) is 1. The van der Waals surface area contributed by atoms with Crippen molar-refractivity contribution in [1.82, 2.24) is 9.80 Å². The van der Waals surface area contributed by atoms with E-state index in [1.165, 1.54) is 38.8 Å². The van der Waals surface area contributed by atoms with Gasteiger partial charge >= 0.3 is 0 Å². The fraction of sp³-hybridized carbons (Fsp3) is 1.00. The highest BCUT2D eigenvalue weighted by Gasteiger charge is 2.09. The first-order valence-corrected chi connectivity index (χ1v) is 7.24. The van der Waals surface area contributed by atoms with Crippen molar-refractivity contribution in [2.75, 3.05) is 46.4 Å². The predicted octanol–water partition coefficient (Wildman–Crippen LogP) is 2.22. The second-order valence-corrected chi connectivity index (χ2v) is 5.25. The van der Waals surface area contributed by atoms with Crippen LogP contribution in [0.4, 0.5) is 0 Å². The smallest absolute Gasteiger partial charge is 0.0594 e. The average Bonchev–Trinajstić information content (AvgIpc) is 2.38. The zero-order valence-corrected chi connectivity index (χ0v) is 12.0. The summed E-state index contributed by atoms with van der Waals surface area (Å²) in [5, 5.41) is 0. The van der Waals surface area contributed by atoms with Crippen molar-refractivity contribution in [3.63, 3.8) is 0 Å². The van der Waals surface area contributed by atoms with Crippen molar-refractivity contribution in [2.24, 2.45) is 0 Å². The van der Waals surface area contributed by atoms with Gasteiger partial charge in [0.1, 0.15) is 0 Å². The fourth-order valence-electron chi connectivity index (χ4n) is 2.22. The summed E-state index contributed by atoms with van der Waals surface area (Å²) in [6.07, 6.45) is 5.37. The van der Waals surface area contributed by atoms with E-state index in [4.69, 9.17) is 4.74 Å². The molecule has 0 aliphatic carbocycles. The number of piperidine rings is 1. The van der Waals surface area contributed by atoms with Gasteiger partial charge in [0, 0.05) is 19.1 Å². The maximum absolute atomic E-state index is 5.72. The first-order chi connectivity index (χ1) is 8.24. The van der Waals surface area contributed by atoms with E-state index in [1.54, 1.807) is 0 Å². The van der Waals surface area contributed by atoms with Crippen molar-refractivity contribution in [2.45, 2.75) is 45.6 Å². The monoisotopic (exact) mass is 242 g/mol. The molecule has 3 heteroatoms. The summed E-state index contributed by atoms with van der Waals surface area (Å²) in [6, 6.07) is 0.667. The van der Waals surface area contributed by atoms with E-state index in [-0.39, 0.29) is 0 Å². The Morgan fingerprint density at radius 1 is 1.18 bits per heavy atom. The van der Waals surface area contributed by atoms with Crippen LogP contribution in [0.5, 0.6) is 0 Å². The van der Waals surface area contributed by atoms with Gasteiger partial charge in [-0.25, -0.2) is 0 Å². The number of likely N-dealkylation sites (tertiary alicyclic amines) is 1. The third kappa shape index (κ3) is 6.39. The summed E-state index contributed by atoms with van der Waals surface area (Å²) in [6.45, 7) is 11.0. The molecule has 0 aromatic rings. The molecule has 1 saturated heterocycles. The van der Waals surface area contributed by atoms with Crippen LogP contribution < -0.4 is 0 Å². The first kappa shape index (κ1) is 14.9. The maximum atomic E-state index is 5.72. The van der Waals surface area contributed by atoms with Crippen LogP contribution in [0.1, 0.15) is 39.5 Å². The minimum absolute atomic E-state index is 0.667. The Bertz CT molecular complexity index is 177. The lowest BCUT2D eigenvalue weighted by molar-refractivity contribution is 0.0760. The molecule has 0 bridgehead atoms. The molecule has 0 N–H and O–H groups in total. The standard InChI is InChI=1S/C14H30N2O/c1-4-14(2)15(3)10-12-17-13-11-16-8-6-5-7-9-16/h14H,4-13H2,1-3H3. The third-order valence-electron chi connectivity index (χ3n) is 3.93. The minimum Gasteiger partial charge on any atom is -0.379 e. The maximum Gasteiger partial charge on any atom is 0.0594 e. The van der Waals surface area contributed by atoms with E-state index in [1.807, 2.05) is 0 Å². The van der Waals surface area contributed by atoms with E-state index >= 15 is 0 Å². The number of hydrogen-bond donors (Lipinski definition) is 0. The zero-order chi connectivity index (χ0) is 12.5. The van der Waals surface area contributed by atoms with Crippen LogP contribution >= 0.6 is 0 Å². The summed E-state index contributed by atoms with van der Waals surface area (Å²) < 4.78 is 5.72. The molecule has 1 unspecified atom stereocenters. The molecule has 1 rings (SSSR count). The Kier molecular flexibility index (Phi) is 7.82. The number of rotatable bonds is 8. The van der Waals surface area contributed by atoms with Gasteiger partial charge in [-0.05, 0) is 46.3 Å². The highest BCUT2D eigenvalue weighted by atomic mass is 16.5. The quantitative estimate of drug-likeness (QED) is 0.607. The number of nitrogens with zero attached hydrogens (tertiary/aromatic N) is 2. The molecule has 17 heavy (non-hydrogen) atoms. The Hall–Kier alpha value is -0.120. The van der Waals surface area contributed by atoms with Crippen molar-refractivity contribution >= 4 is 0 Å². The van der Waals surface area contributed by atoms with Crippen LogP contribution in [0.3, 0.4) is 0 Å². The van der Waals surface area contributed by atoms with Crippen molar-refractivity contribution < 1.29 is 4.74 Å². The van der Waals surface area contributed by atoms with E-state index in [0.29, 0.717) is 6.04 Å². The molecule has 0 saturated carbocycles. The summed E-state index contributed by atoms with van der Waals surface area (Å²) in [4.78, 5) is 4.91. The van der Waals surface area contributed by atoms with Gasteiger partial charge in [-0.15, -0.1) is 0 Å². The molecule has 1 atom stereocenters. The van der Waals surface area contributed by atoms with Crippen molar-refractivity contribution in [3.05, 3.63) is 0 Å². The van der Waals surface area contributed by atoms with Crippen molar-refractivity contribution in [1.29, 1.82) is 0 Å². The van der Waals surface area contributed by atoms with Crippen LogP contribution in [-0.2, 0) is 4.74 Å². The van der Waals surface area contributed by atoms with Crippen LogP contribution in [0.2, 0.25) is 0 Å². The highest BCUT2D eigenvalue weighted by Crippen LogP contribution is 2.07. The largest absolute Gasteiger partial charge is 0.379 e. The lowest BCUT2D eigenvalue weighted by Gasteiger charge is -2.26. The molecular weight excluding hydrogens is 212 g/mol. The molecule has 1 fully saturated rings. The molecule has 1 heterocycles. The molecule has 1 aliphatic rings. The minimum atomic E-state index is 0.667. The van der Waals surface area contributed by atoms with Gasteiger partial charge in [-0.1, -0.05) is 13.3 Å². The topological polar surface area (TPSA) is 15.7 Å². The molecule has 0 aromatic heterocycles. The van der Waals surface area contributed by atoms with E-state index in [0.717, 1.165) is 26.3 Å². The van der Waals surface area contributed by atoms with E-state index in [2.05, 4.69) is 30.7 Å². The zero-order valence-electron chi connectivity index (χ0n) is 12.0. The SMILES string of the molecule is CCC(C)N(C)CCOCCN1CCCCC1. The Morgan fingerprint density at radius 3 is 2.53 bits per heavy atom. The number of hydrogen-bond acceptors (Lipinski definition) is 3. The predicted molar refractivity (Wildman–Crippen MR) is 73.5 cm³/mol. The highest BCUT2D eigenvalue weighted by molar-refractivity contribution is 4.64. The van der Waals surface area contributed by atoms with Crippen LogP contribution in [0, 0.1) is 0 Å². The molecular formula is C14H30N2O. The van der Waals surface area contributed by atoms with Crippen LogP contribution in [0.15, 0.2) is 0 Å². The van der Waals surface area contributed by atoms with Gasteiger partial charge in [0.2, 0.25) is 0 Å². The molecule has 102 valence electrons. The Morgan fingerprint density at radius 2 is 1.88 bits per heavy atom. The van der Waals surface area contributed by atoms with Crippen LogP contribution in [0.25, 0.3) is 0 Å². The van der Waals surface area contributed by atoms with Gasteiger partial charge in [0.05, 0.1) is 13.2 Å². The molecule has 0 amide bonds. The summed E-state index contributed by atoms with van der Waals surface area (Å²) >= 11 is 0. The Labute approximate surface area is 107 Å². The lowest BCUT2D eigenvalue weighted by atomic mass is 10.1. The number of ether oxygens (including phenoxy) is 1. The van der Waals surface area contributed by atoms with Gasteiger partial charge in [0.25, 0.3) is 0 Å². The van der Waals surface area contributed by atoms with Gasteiger partial charge in [-0.2, -0.15) is 0 Å².